The van der Waals surface area contributed by atoms with Crippen LogP contribution in [0.5, 0.6) is 0 Å². The largest absolute Gasteiger partial charge is 0.481 e. The summed E-state index contributed by atoms with van der Waals surface area (Å²) in [6.45, 7) is 2.16. The third-order valence-electron chi connectivity index (χ3n) is 7.00. The highest BCUT2D eigenvalue weighted by molar-refractivity contribution is 5.89. The fraction of sp³-hybridized carbons (Fsp3) is 0.444. The van der Waals surface area contributed by atoms with E-state index in [-0.39, 0.29) is 43.3 Å². The normalized spacial score (nSPS) is 20.1. The first kappa shape index (κ1) is 24.7. The van der Waals surface area contributed by atoms with Crippen LogP contribution in [-0.4, -0.2) is 55.5 Å². The van der Waals surface area contributed by atoms with Crippen molar-refractivity contribution in [1.29, 1.82) is 0 Å². The number of carboxylic acid groups (broad SMARTS) is 1. The molecule has 3 N–H and O–H groups in total. The van der Waals surface area contributed by atoms with Gasteiger partial charge in [0, 0.05) is 26.0 Å². The van der Waals surface area contributed by atoms with E-state index in [0.717, 1.165) is 35.1 Å². The Hall–Kier alpha value is -3.39. The molecule has 2 aliphatic carbocycles. The molecule has 2 aliphatic rings. The van der Waals surface area contributed by atoms with Crippen LogP contribution in [0.4, 0.5) is 4.79 Å². The Labute approximate surface area is 205 Å². The van der Waals surface area contributed by atoms with E-state index in [4.69, 9.17) is 14.6 Å². The topological polar surface area (TPSA) is 114 Å². The highest BCUT2D eigenvalue weighted by atomic mass is 16.5. The Balaban J connectivity index is 1.32. The second kappa shape index (κ2) is 10.5. The Bertz CT molecular complexity index is 1050. The molecule has 1 saturated carbocycles. The van der Waals surface area contributed by atoms with Crippen molar-refractivity contribution < 1.29 is 29.0 Å². The number of nitrogens with one attached hydrogen (secondary N) is 2. The number of rotatable bonds is 10. The monoisotopic (exact) mass is 480 g/mol. The van der Waals surface area contributed by atoms with Crippen LogP contribution in [0, 0.1) is 11.8 Å². The summed E-state index contributed by atoms with van der Waals surface area (Å²) in [7, 11) is 1.47. The van der Waals surface area contributed by atoms with Gasteiger partial charge in [0.15, 0.2) is 0 Å². The van der Waals surface area contributed by atoms with Gasteiger partial charge in [-0.15, -0.1) is 0 Å². The number of carbonyl (C=O) groups excluding carboxylic acids is 2. The molecule has 0 radical (unpaired) electrons. The first-order chi connectivity index (χ1) is 16.8. The molecule has 8 heteroatoms. The molecule has 1 atom stereocenters. The Morgan fingerprint density at radius 1 is 1.00 bits per heavy atom. The first-order valence-corrected chi connectivity index (χ1v) is 11.9. The van der Waals surface area contributed by atoms with Gasteiger partial charge in [-0.25, -0.2) is 4.79 Å². The minimum atomic E-state index is -1.30. The van der Waals surface area contributed by atoms with Crippen molar-refractivity contribution >= 4 is 18.0 Å². The number of carbonyl (C=O) groups is 3. The second-order valence-corrected chi connectivity index (χ2v) is 9.73. The molecule has 1 fully saturated rings. The molecule has 8 nitrogen and oxygen atoms in total. The van der Waals surface area contributed by atoms with Crippen LogP contribution in [0.25, 0.3) is 11.1 Å². The fourth-order valence-corrected chi connectivity index (χ4v) is 5.19. The minimum Gasteiger partial charge on any atom is -0.481 e. The number of aliphatic carboxylic acids is 1. The molecular weight excluding hydrogens is 448 g/mol. The molecule has 0 aromatic heterocycles. The fourth-order valence-electron chi connectivity index (χ4n) is 5.19. The Morgan fingerprint density at radius 3 is 2.17 bits per heavy atom. The summed E-state index contributed by atoms with van der Waals surface area (Å²) in [5.41, 5.74) is 3.20. The number of hydrogen-bond donors (Lipinski definition) is 3. The van der Waals surface area contributed by atoms with Gasteiger partial charge in [0.25, 0.3) is 0 Å². The molecule has 0 spiro atoms. The van der Waals surface area contributed by atoms with Gasteiger partial charge >= 0.3 is 12.1 Å². The minimum absolute atomic E-state index is 0.0185. The average molecular weight is 481 g/mol. The lowest BCUT2D eigenvalue weighted by Crippen LogP contribution is -2.60. The number of fused-ring (bicyclic) bond motifs is 3. The molecular formula is C27H32N2O6. The van der Waals surface area contributed by atoms with Gasteiger partial charge in [0.1, 0.15) is 12.1 Å². The zero-order valence-electron chi connectivity index (χ0n) is 20.1. The molecule has 186 valence electrons. The SMILES string of the molecule is COCC(C)(NC(=O)OCC1c2ccccc2-c2ccccc21)C(=O)NCC1CC(CC(=O)O)C1. The summed E-state index contributed by atoms with van der Waals surface area (Å²) in [5.74, 6) is -0.830. The molecule has 0 heterocycles. The lowest BCUT2D eigenvalue weighted by atomic mass is 9.73. The van der Waals surface area contributed by atoms with Crippen LogP contribution in [0.3, 0.4) is 0 Å². The van der Waals surface area contributed by atoms with Gasteiger partial charge in [0.05, 0.1) is 6.61 Å². The highest BCUT2D eigenvalue weighted by Crippen LogP contribution is 2.44. The van der Waals surface area contributed by atoms with E-state index in [1.807, 2.05) is 36.4 Å². The molecule has 0 bridgehead atoms. The lowest BCUT2D eigenvalue weighted by Gasteiger charge is -2.36. The van der Waals surface area contributed by atoms with Crippen molar-refractivity contribution in [1.82, 2.24) is 10.6 Å². The number of amides is 2. The van der Waals surface area contributed by atoms with Gasteiger partial charge < -0.3 is 25.2 Å². The third kappa shape index (κ3) is 5.48. The van der Waals surface area contributed by atoms with Crippen LogP contribution >= 0.6 is 0 Å². The predicted molar refractivity (Wildman–Crippen MR) is 130 cm³/mol. The maximum atomic E-state index is 12.9. The number of hydrogen-bond acceptors (Lipinski definition) is 5. The highest BCUT2D eigenvalue weighted by Gasteiger charge is 2.38. The predicted octanol–water partition coefficient (Wildman–Crippen LogP) is 3.55. The van der Waals surface area contributed by atoms with E-state index < -0.39 is 17.6 Å². The maximum absolute atomic E-state index is 12.9. The van der Waals surface area contributed by atoms with Gasteiger partial charge in [-0.3, -0.25) is 9.59 Å². The number of methoxy groups -OCH3 is 1. The van der Waals surface area contributed by atoms with E-state index in [9.17, 15) is 14.4 Å². The van der Waals surface area contributed by atoms with E-state index in [0.29, 0.717) is 6.54 Å². The Kier molecular flexibility index (Phi) is 7.40. The quantitative estimate of drug-likeness (QED) is 0.479. The second-order valence-electron chi connectivity index (χ2n) is 9.73. The van der Waals surface area contributed by atoms with E-state index in [1.165, 1.54) is 7.11 Å². The summed E-state index contributed by atoms with van der Waals surface area (Å²) in [6, 6.07) is 16.2. The molecule has 4 rings (SSSR count). The zero-order chi connectivity index (χ0) is 25.0. The van der Waals surface area contributed by atoms with Crippen molar-refractivity contribution in [2.45, 2.75) is 37.6 Å². The van der Waals surface area contributed by atoms with Crippen molar-refractivity contribution in [3.05, 3.63) is 59.7 Å². The number of carboxylic acids is 1. The van der Waals surface area contributed by atoms with Crippen LogP contribution < -0.4 is 10.6 Å². The van der Waals surface area contributed by atoms with Gasteiger partial charge in [-0.2, -0.15) is 0 Å². The molecule has 1 unspecified atom stereocenters. The van der Waals surface area contributed by atoms with E-state index >= 15 is 0 Å². The van der Waals surface area contributed by atoms with Crippen molar-refractivity contribution in [2.75, 3.05) is 26.9 Å². The third-order valence-corrected chi connectivity index (χ3v) is 7.00. The molecule has 0 saturated heterocycles. The van der Waals surface area contributed by atoms with Crippen LogP contribution in [0.15, 0.2) is 48.5 Å². The summed E-state index contributed by atoms with van der Waals surface area (Å²) < 4.78 is 10.8. The number of ether oxygens (including phenoxy) is 2. The lowest BCUT2D eigenvalue weighted by molar-refractivity contribution is -0.139. The zero-order valence-corrected chi connectivity index (χ0v) is 20.1. The molecule has 0 aliphatic heterocycles. The van der Waals surface area contributed by atoms with Crippen molar-refractivity contribution in [2.24, 2.45) is 11.8 Å². The maximum Gasteiger partial charge on any atom is 0.408 e. The summed E-state index contributed by atoms with van der Waals surface area (Å²) in [4.78, 5) is 36.5. The van der Waals surface area contributed by atoms with Crippen LogP contribution in [0.1, 0.15) is 43.2 Å². The average Bonchev–Trinajstić information content (AvgIpc) is 3.12. The van der Waals surface area contributed by atoms with Crippen LogP contribution in [0.2, 0.25) is 0 Å². The van der Waals surface area contributed by atoms with Gasteiger partial charge in [-0.1, -0.05) is 48.5 Å². The van der Waals surface area contributed by atoms with Gasteiger partial charge in [-0.05, 0) is 53.9 Å². The molecule has 35 heavy (non-hydrogen) atoms. The standard InChI is InChI=1S/C27H32N2O6/c1-27(16-34-2,25(32)28-14-18-11-17(12-18)13-24(30)31)29-26(33)35-15-23-21-9-5-3-7-19(21)20-8-4-6-10-22(20)23/h3-10,17-18,23H,11-16H2,1-2H3,(H,28,32)(H,29,33)(H,30,31). The summed E-state index contributed by atoms with van der Waals surface area (Å²) in [5, 5.41) is 14.4. The van der Waals surface area contributed by atoms with Crippen LogP contribution in [-0.2, 0) is 19.1 Å². The van der Waals surface area contributed by atoms with E-state index in [2.05, 4.69) is 22.8 Å². The van der Waals surface area contributed by atoms with Gasteiger partial charge in [0.2, 0.25) is 5.91 Å². The van der Waals surface area contributed by atoms with Crippen molar-refractivity contribution in [3.63, 3.8) is 0 Å². The summed E-state index contributed by atoms with van der Waals surface area (Å²) >= 11 is 0. The first-order valence-electron chi connectivity index (χ1n) is 11.9. The smallest absolute Gasteiger partial charge is 0.408 e. The number of alkyl carbamates (subject to hydrolysis) is 1. The summed E-state index contributed by atoms with van der Waals surface area (Å²) in [6.07, 6.45) is 1.02. The van der Waals surface area contributed by atoms with Crippen molar-refractivity contribution in [3.8, 4) is 11.1 Å². The molecule has 2 amide bonds. The molecule has 2 aromatic carbocycles. The number of benzene rings is 2. The Morgan fingerprint density at radius 2 is 1.60 bits per heavy atom. The molecule has 2 aromatic rings. The van der Waals surface area contributed by atoms with E-state index in [1.54, 1.807) is 6.92 Å².